The van der Waals surface area contributed by atoms with Gasteiger partial charge >= 0.3 is 0 Å². The van der Waals surface area contributed by atoms with E-state index in [1.165, 1.54) is 32.3 Å². The van der Waals surface area contributed by atoms with Gasteiger partial charge in [-0.15, -0.1) is 0 Å². The topological polar surface area (TPSA) is 108 Å². The normalized spacial score (nSPS) is 18.2. The molecule has 0 N–H and O–H groups in total. The lowest BCUT2D eigenvalue weighted by Crippen LogP contribution is -2.40. The number of carbonyl (C=O) groups excluding carboxylic acids is 2. The van der Waals surface area contributed by atoms with Crippen molar-refractivity contribution >= 4 is 23.1 Å². The van der Waals surface area contributed by atoms with Gasteiger partial charge in [0, 0.05) is 36.1 Å². The molecule has 0 radical (unpaired) electrons. The maximum Gasteiger partial charge on any atom is 0.293 e. The summed E-state index contributed by atoms with van der Waals surface area (Å²) in [6.45, 7) is 0. The monoisotopic (exact) mass is 452 g/mol. The van der Waals surface area contributed by atoms with E-state index in [0.29, 0.717) is 53.3 Å². The van der Waals surface area contributed by atoms with Crippen LogP contribution in [0.1, 0.15) is 37.2 Å². The number of ether oxygens (including phenoxy) is 3. The van der Waals surface area contributed by atoms with Crippen LogP contribution in [0.25, 0.3) is 0 Å². The molecule has 0 aromatic heterocycles. The lowest BCUT2D eigenvalue weighted by Gasteiger charge is -2.38. The minimum atomic E-state index is -0.520. The third-order valence-corrected chi connectivity index (χ3v) is 6.08. The fourth-order valence-electron chi connectivity index (χ4n) is 4.67. The highest BCUT2D eigenvalue weighted by atomic mass is 16.6. The third kappa shape index (κ3) is 3.79. The van der Waals surface area contributed by atoms with E-state index in [1.807, 2.05) is 0 Å². The Hall–Kier alpha value is -3.88. The fraction of sp³-hybridized carbons (Fsp3) is 0.333. The summed E-state index contributed by atoms with van der Waals surface area (Å²) in [6.07, 6.45) is 1.39. The molecule has 2 aromatic rings. The first-order valence-corrected chi connectivity index (χ1v) is 10.5. The number of allylic oxidation sites excluding steroid dienone is 2. The van der Waals surface area contributed by atoms with Crippen molar-refractivity contribution in [1.29, 1.82) is 0 Å². The van der Waals surface area contributed by atoms with Gasteiger partial charge in [-0.05, 0) is 36.6 Å². The number of nitro groups is 1. The Balaban J connectivity index is 1.91. The Morgan fingerprint density at radius 3 is 2.27 bits per heavy atom. The average molecular weight is 452 g/mol. The highest BCUT2D eigenvalue weighted by molar-refractivity contribution is 6.08. The number of anilines is 1. The minimum Gasteiger partial charge on any atom is -0.493 e. The molecule has 1 amide bonds. The minimum absolute atomic E-state index is 0.0186. The van der Waals surface area contributed by atoms with Crippen LogP contribution < -0.4 is 19.1 Å². The summed E-state index contributed by atoms with van der Waals surface area (Å²) < 4.78 is 16.3. The maximum atomic E-state index is 13.4. The zero-order chi connectivity index (χ0) is 23.7. The smallest absolute Gasteiger partial charge is 0.293 e. The largest absolute Gasteiger partial charge is 0.493 e. The molecular formula is C24H24N2O7. The average Bonchev–Trinajstić information content (AvgIpc) is 2.82. The highest BCUT2D eigenvalue weighted by Gasteiger charge is 2.41. The number of ketones is 1. The van der Waals surface area contributed by atoms with Gasteiger partial charge in [0.1, 0.15) is 5.69 Å². The number of methoxy groups -OCH3 is 3. The van der Waals surface area contributed by atoms with E-state index in [0.717, 1.165) is 0 Å². The van der Waals surface area contributed by atoms with Gasteiger partial charge in [0.2, 0.25) is 11.7 Å². The number of Topliss-reactive ketones (excluding diaryl/α,β-unsaturated/α-hetero) is 1. The summed E-state index contributed by atoms with van der Waals surface area (Å²) in [5.41, 5.74) is 1.71. The summed E-state index contributed by atoms with van der Waals surface area (Å²) in [6, 6.07) is 9.58. The molecule has 1 aliphatic heterocycles. The number of para-hydroxylation sites is 2. The molecule has 1 heterocycles. The zero-order valence-electron chi connectivity index (χ0n) is 18.6. The van der Waals surface area contributed by atoms with E-state index in [2.05, 4.69) is 0 Å². The molecule has 0 fully saturated rings. The van der Waals surface area contributed by atoms with Crippen molar-refractivity contribution in [3.63, 3.8) is 0 Å². The van der Waals surface area contributed by atoms with Gasteiger partial charge < -0.3 is 14.2 Å². The SMILES string of the molecule is COc1cc(C2CC(=O)N(c3ccccc3[N+](=O)[O-])C3=C2C(=O)CCC3)cc(OC)c1OC. The van der Waals surface area contributed by atoms with Crippen LogP contribution >= 0.6 is 0 Å². The van der Waals surface area contributed by atoms with Crippen LogP contribution in [0.5, 0.6) is 17.2 Å². The lowest BCUT2D eigenvalue weighted by molar-refractivity contribution is -0.384. The first kappa shape index (κ1) is 22.3. The second kappa shape index (κ2) is 8.93. The second-order valence-electron chi connectivity index (χ2n) is 7.83. The van der Waals surface area contributed by atoms with Gasteiger partial charge in [-0.3, -0.25) is 24.6 Å². The molecular weight excluding hydrogens is 428 g/mol. The van der Waals surface area contributed by atoms with Crippen molar-refractivity contribution in [2.24, 2.45) is 0 Å². The van der Waals surface area contributed by atoms with E-state index in [-0.39, 0.29) is 29.5 Å². The molecule has 2 aromatic carbocycles. The third-order valence-electron chi connectivity index (χ3n) is 6.08. The Bertz CT molecular complexity index is 1150. The highest BCUT2D eigenvalue weighted by Crippen LogP contribution is 2.48. The van der Waals surface area contributed by atoms with E-state index < -0.39 is 10.8 Å². The summed E-state index contributed by atoms with van der Waals surface area (Å²) in [5, 5.41) is 11.6. The van der Waals surface area contributed by atoms with Gasteiger partial charge in [0.15, 0.2) is 17.3 Å². The molecule has 0 saturated heterocycles. The lowest BCUT2D eigenvalue weighted by atomic mass is 9.77. The quantitative estimate of drug-likeness (QED) is 0.478. The van der Waals surface area contributed by atoms with Gasteiger partial charge in [-0.25, -0.2) is 0 Å². The van der Waals surface area contributed by atoms with Gasteiger partial charge in [-0.2, -0.15) is 0 Å². The van der Waals surface area contributed by atoms with Gasteiger partial charge in [-0.1, -0.05) is 12.1 Å². The maximum absolute atomic E-state index is 13.4. The van der Waals surface area contributed by atoms with E-state index in [9.17, 15) is 19.7 Å². The summed E-state index contributed by atoms with van der Waals surface area (Å²) >= 11 is 0. The molecule has 0 bridgehead atoms. The molecule has 2 aliphatic rings. The molecule has 9 heteroatoms. The molecule has 172 valence electrons. The number of hydrogen-bond donors (Lipinski definition) is 0. The molecule has 0 spiro atoms. The van der Waals surface area contributed by atoms with Crippen LogP contribution in [0, 0.1) is 10.1 Å². The van der Waals surface area contributed by atoms with Crippen LogP contribution in [0.3, 0.4) is 0 Å². The number of hydrogen-bond acceptors (Lipinski definition) is 7. The fourth-order valence-corrected chi connectivity index (χ4v) is 4.67. The number of amides is 1. The number of nitro benzene ring substituents is 1. The molecule has 9 nitrogen and oxygen atoms in total. The van der Waals surface area contributed by atoms with E-state index in [1.54, 1.807) is 30.3 Å². The van der Waals surface area contributed by atoms with Gasteiger partial charge in [0.05, 0.1) is 26.3 Å². The van der Waals surface area contributed by atoms with Gasteiger partial charge in [0.25, 0.3) is 5.69 Å². The predicted octanol–water partition coefficient (Wildman–Crippen LogP) is 4.15. The Kier molecular flexibility index (Phi) is 6.04. The van der Waals surface area contributed by atoms with E-state index >= 15 is 0 Å². The molecule has 33 heavy (non-hydrogen) atoms. The summed E-state index contributed by atoms with van der Waals surface area (Å²) in [4.78, 5) is 39.0. The van der Waals surface area contributed by atoms with Crippen molar-refractivity contribution in [3.8, 4) is 17.2 Å². The molecule has 0 saturated carbocycles. The van der Waals surface area contributed by atoms with E-state index in [4.69, 9.17) is 14.2 Å². The van der Waals surface area contributed by atoms with Crippen molar-refractivity contribution in [3.05, 3.63) is 63.3 Å². The number of rotatable bonds is 6. The van der Waals surface area contributed by atoms with Crippen LogP contribution in [0.15, 0.2) is 47.7 Å². The standard InChI is InChI=1S/C24H24N2O7/c1-31-20-11-14(12-21(32-2)24(20)33-3)15-13-22(28)25(18-9-6-10-19(27)23(15)18)16-7-4-5-8-17(16)26(29)30/h4-5,7-8,11-12,15H,6,9-10,13H2,1-3H3. The zero-order valence-corrected chi connectivity index (χ0v) is 18.6. The van der Waals surface area contributed by atoms with Crippen molar-refractivity contribution in [2.75, 3.05) is 26.2 Å². The second-order valence-corrected chi connectivity index (χ2v) is 7.83. The summed E-state index contributed by atoms with van der Waals surface area (Å²) in [7, 11) is 4.50. The van der Waals surface area contributed by atoms with Crippen LogP contribution in [-0.2, 0) is 9.59 Å². The molecule has 1 aliphatic carbocycles. The van der Waals surface area contributed by atoms with Crippen LogP contribution in [0.4, 0.5) is 11.4 Å². The number of carbonyl (C=O) groups is 2. The Morgan fingerprint density at radius 2 is 1.67 bits per heavy atom. The van der Waals surface area contributed by atoms with Crippen LogP contribution in [0.2, 0.25) is 0 Å². The van der Waals surface area contributed by atoms with Crippen LogP contribution in [-0.4, -0.2) is 37.9 Å². The number of nitrogens with zero attached hydrogens (tertiary/aromatic N) is 2. The first-order valence-electron chi connectivity index (χ1n) is 10.5. The molecule has 1 unspecified atom stereocenters. The Labute approximate surface area is 190 Å². The molecule has 4 rings (SSSR count). The van der Waals surface area contributed by atoms with Crippen molar-refractivity contribution in [2.45, 2.75) is 31.6 Å². The Morgan fingerprint density at radius 1 is 1.00 bits per heavy atom. The molecule has 1 atom stereocenters. The van der Waals surface area contributed by atoms with Crippen molar-refractivity contribution < 1.29 is 28.7 Å². The van der Waals surface area contributed by atoms with Crippen molar-refractivity contribution in [1.82, 2.24) is 0 Å². The number of benzene rings is 2. The predicted molar refractivity (Wildman–Crippen MR) is 120 cm³/mol. The summed E-state index contributed by atoms with van der Waals surface area (Å²) in [5.74, 6) is 0.365. The first-order chi connectivity index (χ1) is 15.9.